The van der Waals surface area contributed by atoms with Crippen molar-refractivity contribution in [2.45, 2.75) is 65.1 Å². The molecule has 0 aliphatic carbocycles. The predicted octanol–water partition coefficient (Wildman–Crippen LogP) is 3.06. The van der Waals surface area contributed by atoms with E-state index in [0.717, 1.165) is 35.3 Å². The number of aromatic nitrogens is 3. The van der Waals surface area contributed by atoms with E-state index in [2.05, 4.69) is 18.9 Å². The van der Waals surface area contributed by atoms with E-state index < -0.39 is 0 Å². The molecular weight excluding hydrogens is 348 g/mol. The number of aryl methyl sites for hydroxylation is 1. The Balaban J connectivity index is 1.76. The maximum Gasteiger partial charge on any atom is 0.291 e. The number of hydrogen-bond acceptors (Lipinski definition) is 4. The first-order chi connectivity index (χ1) is 12.5. The van der Waals surface area contributed by atoms with Gasteiger partial charge in [-0.1, -0.05) is 6.92 Å². The number of piperidine rings is 1. The summed E-state index contributed by atoms with van der Waals surface area (Å²) >= 11 is 1.61. The highest BCUT2D eigenvalue weighted by Crippen LogP contribution is 2.25. The standard InChI is InChI=1S/C19H24N4O2S/c1-4-17-20-21(11-18(24)22-12(2)6-5-7-13(22)3)19(25)15-10-16-14(23(15)17)8-9-26-16/h8-10,12-13H,4-7,11H2,1-3H3/t12-,13-/m1/s1. The number of likely N-dealkylation sites (tertiary alicyclic amines) is 1. The monoisotopic (exact) mass is 372 g/mol. The van der Waals surface area contributed by atoms with Gasteiger partial charge in [0.2, 0.25) is 5.91 Å². The zero-order valence-electron chi connectivity index (χ0n) is 15.4. The molecule has 0 bridgehead atoms. The molecule has 0 unspecified atom stereocenters. The van der Waals surface area contributed by atoms with Gasteiger partial charge in [-0.25, -0.2) is 4.68 Å². The summed E-state index contributed by atoms with van der Waals surface area (Å²) in [5.41, 5.74) is 1.42. The number of thiophene rings is 1. The van der Waals surface area contributed by atoms with E-state index in [9.17, 15) is 9.59 Å². The van der Waals surface area contributed by atoms with Gasteiger partial charge in [0.25, 0.3) is 5.56 Å². The number of nitrogens with zero attached hydrogens (tertiary/aromatic N) is 4. The van der Waals surface area contributed by atoms with E-state index in [4.69, 9.17) is 0 Å². The number of hydrogen-bond donors (Lipinski definition) is 0. The fourth-order valence-electron chi connectivity index (χ4n) is 4.18. The molecule has 4 heterocycles. The first-order valence-corrected chi connectivity index (χ1v) is 10.2. The Bertz CT molecular complexity index is 1020. The molecule has 4 rings (SSSR count). The van der Waals surface area contributed by atoms with Gasteiger partial charge in [0.1, 0.15) is 17.9 Å². The van der Waals surface area contributed by atoms with Gasteiger partial charge in [0, 0.05) is 18.5 Å². The van der Waals surface area contributed by atoms with E-state index in [-0.39, 0.29) is 30.1 Å². The van der Waals surface area contributed by atoms with Crippen LogP contribution in [-0.4, -0.2) is 37.1 Å². The number of rotatable bonds is 3. The van der Waals surface area contributed by atoms with Crippen LogP contribution >= 0.6 is 11.3 Å². The minimum Gasteiger partial charge on any atom is -0.336 e. The van der Waals surface area contributed by atoms with Crippen molar-refractivity contribution in [2.24, 2.45) is 0 Å². The molecule has 1 aliphatic heterocycles. The molecule has 138 valence electrons. The molecule has 2 atom stereocenters. The number of carbonyl (C=O) groups is 1. The SMILES string of the molecule is CCc1nn(CC(=O)N2[C@H](C)CCC[C@H]2C)c(=O)c2cc3sccc3n12. The Hall–Kier alpha value is -2.15. The average Bonchev–Trinajstić information content (AvgIpc) is 3.18. The van der Waals surface area contributed by atoms with Crippen molar-refractivity contribution in [3.05, 3.63) is 33.7 Å². The fourth-order valence-corrected chi connectivity index (χ4v) is 4.98. The quantitative estimate of drug-likeness (QED) is 0.710. The highest BCUT2D eigenvalue weighted by molar-refractivity contribution is 7.17. The highest BCUT2D eigenvalue weighted by Gasteiger charge is 2.29. The summed E-state index contributed by atoms with van der Waals surface area (Å²) < 4.78 is 4.36. The molecule has 7 heteroatoms. The van der Waals surface area contributed by atoms with E-state index in [0.29, 0.717) is 11.9 Å². The second-order valence-electron chi connectivity index (χ2n) is 7.20. The summed E-state index contributed by atoms with van der Waals surface area (Å²) in [5, 5.41) is 6.55. The van der Waals surface area contributed by atoms with Crippen molar-refractivity contribution in [3.8, 4) is 0 Å². The van der Waals surface area contributed by atoms with Crippen LogP contribution in [0.5, 0.6) is 0 Å². The van der Waals surface area contributed by atoms with E-state index in [1.807, 2.05) is 33.7 Å². The average molecular weight is 372 g/mol. The van der Waals surface area contributed by atoms with Crippen molar-refractivity contribution in [3.63, 3.8) is 0 Å². The molecular formula is C19H24N4O2S. The largest absolute Gasteiger partial charge is 0.336 e. The number of carbonyl (C=O) groups excluding carboxylic acids is 1. The smallest absolute Gasteiger partial charge is 0.291 e. The Morgan fingerprint density at radius 1 is 1.27 bits per heavy atom. The van der Waals surface area contributed by atoms with Gasteiger partial charge in [0.05, 0.1) is 10.2 Å². The summed E-state index contributed by atoms with van der Waals surface area (Å²) in [5.74, 6) is 0.791. The third-order valence-electron chi connectivity index (χ3n) is 5.45. The van der Waals surface area contributed by atoms with Crippen molar-refractivity contribution in [1.82, 2.24) is 19.1 Å². The van der Waals surface area contributed by atoms with Crippen molar-refractivity contribution < 1.29 is 4.79 Å². The third kappa shape index (κ3) is 2.65. The molecule has 1 amide bonds. The van der Waals surface area contributed by atoms with E-state index >= 15 is 0 Å². The Morgan fingerprint density at radius 3 is 2.69 bits per heavy atom. The van der Waals surface area contributed by atoms with Crippen molar-refractivity contribution >= 4 is 33.0 Å². The van der Waals surface area contributed by atoms with Gasteiger partial charge >= 0.3 is 0 Å². The van der Waals surface area contributed by atoms with Crippen molar-refractivity contribution in [1.29, 1.82) is 0 Å². The summed E-state index contributed by atoms with van der Waals surface area (Å²) in [4.78, 5) is 27.8. The lowest BCUT2D eigenvalue weighted by atomic mass is 9.97. The summed E-state index contributed by atoms with van der Waals surface area (Å²) in [6.45, 7) is 6.21. The zero-order chi connectivity index (χ0) is 18.4. The molecule has 1 saturated heterocycles. The number of amides is 1. The van der Waals surface area contributed by atoms with Gasteiger partial charge in [-0.2, -0.15) is 5.10 Å². The molecule has 0 N–H and O–H groups in total. The van der Waals surface area contributed by atoms with Crippen molar-refractivity contribution in [2.75, 3.05) is 0 Å². The molecule has 0 spiro atoms. The first kappa shape index (κ1) is 17.3. The molecule has 1 fully saturated rings. The van der Waals surface area contributed by atoms with Crippen LogP contribution in [0.4, 0.5) is 0 Å². The van der Waals surface area contributed by atoms with Crippen LogP contribution in [0.3, 0.4) is 0 Å². The maximum atomic E-state index is 13.0. The highest BCUT2D eigenvalue weighted by atomic mass is 32.1. The second-order valence-corrected chi connectivity index (χ2v) is 8.15. The van der Waals surface area contributed by atoms with Gasteiger partial charge in [-0.05, 0) is 50.6 Å². The fraction of sp³-hybridized carbons (Fsp3) is 0.526. The Kier molecular flexibility index (Phi) is 4.34. The molecule has 0 radical (unpaired) electrons. The topological polar surface area (TPSA) is 59.6 Å². The Morgan fingerprint density at radius 2 is 2.00 bits per heavy atom. The second kappa shape index (κ2) is 6.54. The first-order valence-electron chi connectivity index (χ1n) is 9.31. The van der Waals surface area contributed by atoms with Crippen LogP contribution in [0.2, 0.25) is 0 Å². The van der Waals surface area contributed by atoms with Gasteiger partial charge in [0.15, 0.2) is 0 Å². The molecule has 26 heavy (non-hydrogen) atoms. The molecule has 3 aromatic rings. The van der Waals surface area contributed by atoms with Crippen LogP contribution in [-0.2, 0) is 17.8 Å². The van der Waals surface area contributed by atoms with Crippen LogP contribution in [0.25, 0.3) is 15.7 Å². The van der Waals surface area contributed by atoms with E-state index in [1.165, 1.54) is 4.68 Å². The summed E-state index contributed by atoms with van der Waals surface area (Å²) in [6, 6.07) is 4.36. The Labute approximate surface area is 156 Å². The molecule has 0 saturated carbocycles. The lowest BCUT2D eigenvalue weighted by molar-refractivity contribution is -0.138. The molecule has 3 aromatic heterocycles. The third-order valence-corrected chi connectivity index (χ3v) is 6.31. The molecule has 0 aromatic carbocycles. The van der Waals surface area contributed by atoms with Crippen LogP contribution < -0.4 is 5.56 Å². The van der Waals surface area contributed by atoms with Gasteiger partial charge < -0.3 is 4.90 Å². The normalized spacial score (nSPS) is 21.0. The predicted molar refractivity (Wildman–Crippen MR) is 104 cm³/mol. The minimum absolute atomic E-state index is 0.00976. The zero-order valence-corrected chi connectivity index (χ0v) is 16.3. The van der Waals surface area contributed by atoms with Crippen LogP contribution in [0.15, 0.2) is 22.3 Å². The number of fused-ring (bicyclic) bond motifs is 3. The van der Waals surface area contributed by atoms with Gasteiger partial charge in [-0.15, -0.1) is 11.3 Å². The van der Waals surface area contributed by atoms with E-state index in [1.54, 1.807) is 11.3 Å². The van der Waals surface area contributed by atoms with Gasteiger partial charge in [-0.3, -0.25) is 14.0 Å². The summed E-state index contributed by atoms with van der Waals surface area (Å²) in [7, 11) is 0. The maximum absolute atomic E-state index is 13.0. The van der Waals surface area contributed by atoms with Crippen LogP contribution in [0, 0.1) is 0 Å². The lowest BCUT2D eigenvalue weighted by Crippen LogP contribution is -2.49. The van der Waals surface area contributed by atoms with Crippen LogP contribution in [0.1, 0.15) is 45.9 Å². The molecule has 6 nitrogen and oxygen atoms in total. The summed E-state index contributed by atoms with van der Waals surface area (Å²) in [6.07, 6.45) is 3.89. The lowest BCUT2D eigenvalue weighted by Gasteiger charge is -2.39. The minimum atomic E-state index is -0.198. The molecule has 1 aliphatic rings.